The van der Waals surface area contributed by atoms with Gasteiger partial charge in [0.2, 0.25) is 0 Å². The molecule has 0 bridgehead atoms. The van der Waals surface area contributed by atoms with Crippen LogP contribution in [0.15, 0.2) is 488 Å². The molecule has 3 aliphatic carbocycles. The van der Waals surface area contributed by atoms with E-state index in [1.807, 2.05) is 6.07 Å². The summed E-state index contributed by atoms with van der Waals surface area (Å²) in [4.78, 5) is 4.95. The van der Waals surface area contributed by atoms with Crippen LogP contribution in [-0.4, -0.2) is 0 Å². The number of hydrogen-bond acceptors (Lipinski definition) is 4. The van der Waals surface area contributed by atoms with Crippen molar-refractivity contribution in [3.63, 3.8) is 0 Å². The molecule has 0 saturated heterocycles. The molecule has 0 amide bonds. The van der Waals surface area contributed by atoms with E-state index in [0.29, 0.717) is 0 Å². The van der Waals surface area contributed by atoms with Gasteiger partial charge in [-0.2, -0.15) is 0 Å². The molecule has 3 aliphatic rings. The van der Waals surface area contributed by atoms with Gasteiger partial charge in [-0.3, -0.25) is 0 Å². The summed E-state index contributed by atoms with van der Waals surface area (Å²) in [6.45, 7) is 0. The van der Waals surface area contributed by atoms with E-state index in [-0.39, 0.29) is 0 Å². The van der Waals surface area contributed by atoms with Crippen molar-refractivity contribution in [2.45, 2.75) is 23.7 Å². The Kier molecular flexibility index (Phi) is 17.5. The van der Waals surface area contributed by atoms with Gasteiger partial charge in [-0.1, -0.05) is 364 Å². The molecule has 2 aromatic heterocycles. The molecule has 0 atom stereocenters. The maximum absolute atomic E-state index is 7.06. The molecule has 0 radical (unpaired) electrons. The van der Waals surface area contributed by atoms with Crippen molar-refractivity contribution in [2.75, 3.05) is 9.80 Å². The number of nitrogens with zero attached hydrogens (tertiary/aromatic N) is 2. The van der Waals surface area contributed by atoms with Gasteiger partial charge < -0.3 is 18.6 Å². The summed E-state index contributed by atoms with van der Waals surface area (Å²) in [5, 5.41) is 9.13. The second kappa shape index (κ2) is 30.2. The molecule has 2 heterocycles. The van der Waals surface area contributed by atoms with Crippen LogP contribution in [0, 0.1) is 0 Å². The van der Waals surface area contributed by atoms with Gasteiger partial charge in [0.05, 0.1) is 22.2 Å². The molecule has 0 fully saturated rings. The van der Waals surface area contributed by atoms with Crippen molar-refractivity contribution in [1.29, 1.82) is 0 Å². The maximum atomic E-state index is 7.06. The Labute approximate surface area is 743 Å². The third-order valence-electron chi connectivity index (χ3n) is 27.5. The van der Waals surface area contributed by atoms with Crippen molar-refractivity contribution in [3.8, 4) is 77.9 Å². The van der Waals surface area contributed by atoms with E-state index >= 15 is 0 Å². The van der Waals surface area contributed by atoms with Gasteiger partial charge in [-0.15, -0.1) is 0 Å². The molecular weight excluding hydrogens is 1550 g/mol. The monoisotopic (exact) mass is 1630 g/mol. The molecule has 20 aromatic carbocycles. The number of hydrogen-bond donors (Lipinski definition) is 0. The van der Waals surface area contributed by atoms with Crippen LogP contribution >= 0.6 is 0 Å². The first-order chi connectivity index (χ1) is 63.4. The van der Waals surface area contributed by atoms with Crippen molar-refractivity contribution in [1.82, 2.24) is 0 Å². The van der Waals surface area contributed by atoms with Crippen molar-refractivity contribution < 1.29 is 8.83 Å². The van der Waals surface area contributed by atoms with Crippen molar-refractivity contribution in [2.24, 2.45) is 0 Å². The summed E-state index contributed by atoms with van der Waals surface area (Å²) in [6.07, 6.45) is 6.79. The fourth-order valence-electron chi connectivity index (χ4n) is 21.7. The highest BCUT2D eigenvalue weighted by Crippen LogP contribution is 2.61. The molecule has 0 N–H and O–H groups in total. The average molecular weight is 1630 g/mol. The van der Waals surface area contributed by atoms with Gasteiger partial charge >= 0.3 is 0 Å². The highest BCUT2D eigenvalue weighted by atomic mass is 16.3. The fraction of sp³-hybridized carbons (Fsp3) is 0.0323. The molecule has 4 heteroatoms. The lowest BCUT2D eigenvalue weighted by atomic mass is 9.66. The van der Waals surface area contributed by atoms with E-state index in [2.05, 4.69) is 477 Å². The van der Waals surface area contributed by atoms with Gasteiger partial charge in [0.15, 0.2) is 0 Å². The second-order valence-electron chi connectivity index (χ2n) is 34.3. The van der Waals surface area contributed by atoms with Gasteiger partial charge in [0.1, 0.15) is 22.3 Å². The van der Waals surface area contributed by atoms with E-state index in [4.69, 9.17) is 8.83 Å². The molecule has 4 nitrogen and oxygen atoms in total. The summed E-state index contributed by atoms with van der Waals surface area (Å²) in [5.74, 6) is 0. The fourth-order valence-corrected chi connectivity index (χ4v) is 21.7. The largest absolute Gasteiger partial charge is 0.456 e. The van der Waals surface area contributed by atoms with Crippen LogP contribution in [0.5, 0.6) is 0 Å². The van der Waals surface area contributed by atoms with Crippen LogP contribution in [0.1, 0.15) is 57.3 Å². The normalized spacial score (nSPS) is 13.5. The molecule has 25 rings (SSSR count). The first-order valence-corrected chi connectivity index (χ1v) is 44.5. The second-order valence-corrected chi connectivity index (χ2v) is 34.3. The predicted molar refractivity (Wildman–Crippen MR) is 533 cm³/mol. The van der Waals surface area contributed by atoms with E-state index in [0.717, 1.165) is 157 Å². The summed E-state index contributed by atoms with van der Waals surface area (Å²) in [6, 6.07) is 170. The minimum atomic E-state index is -0.590. The third kappa shape index (κ3) is 11.9. The standard InChI is InChI=1S/C124H82N2O2/c1-5-29-93(30-6-1)123(94-31-7-2-8-32-94)111-44-20-15-37-101(111)103-73-70-99(79-113(103)123)125(115-46-22-17-39-105(115)107-42-25-49-118-121(107)109-41-19-24-48-117(109)127-118)97-66-61-83(62-67-97)82-51-53-84(54-52-82)89-59-56-86-57-60-90(77-92(86)76-89)91-65-72-110-120(78-91)128-119-50-26-43-108(122(110)119)106-40-18-23-47-116(106)126(98-68-63-85(64-69-98)88-58-55-81-27-13-14-28-87(81)75-88)100-71-74-104-102-38-16-21-45-112(102)124(114(104)80-100,95-33-9-3-10-34-95)96-35-11-4-12-36-96/h1-15,17-37,39-80H,16,38H2. The lowest BCUT2D eigenvalue weighted by Gasteiger charge is -2.36. The Morgan fingerprint density at radius 2 is 0.594 bits per heavy atom. The highest BCUT2D eigenvalue weighted by molar-refractivity contribution is 6.16. The summed E-state index contributed by atoms with van der Waals surface area (Å²) >= 11 is 0. The van der Waals surface area contributed by atoms with Crippen LogP contribution < -0.4 is 9.80 Å². The minimum Gasteiger partial charge on any atom is -0.456 e. The van der Waals surface area contributed by atoms with Gasteiger partial charge in [-0.25, -0.2) is 0 Å². The van der Waals surface area contributed by atoms with Crippen LogP contribution in [0.25, 0.3) is 149 Å². The summed E-state index contributed by atoms with van der Waals surface area (Å²) in [7, 11) is 0. The molecule has 128 heavy (non-hydrogen) atoms. The third-order valence-corrected chi connectivity index (χ3v) is 27.5. The highest BCUT2D eigenvalue weighted by Gasteiger charge is 2.49. The van der Waals surface area contributed by atoms with Crippen LogP contribution in [0.2, 0.25) is 0 Å². The Morgan fingerprint density at radius 3 is 1.16 bits per heavy atom. The Balaban J connectivity index is 0.550. The Morgan fingerprint density at radius 1 is 0.219 bits per heavy atom. The lowest BCUT2D eigenvalue weighted by molar-refractivity contribution is 0.668. The van der Waals surface area contributed by atoms with Crippen LogP contribution in [0.3, 0.4) is 0 Å². The molecular formula is C124H82N2O2. The predicted octanol–water partition coefficient (Wildman–Crippen LogP) is 33.5. The summed E-state index contributed by atoms with van der Waals surface area (Å²) in [5.41, 5.74) is 37.5. The van der Waals surface area contributed by atoms with Crippen LogP contribution in [-0.2, 0) is 10.8 Å². The average Bonchev–Trinajstić information content (AvgIpc) is 1.54. The maximum Gasteiger partial charge on any atom is 0.136 e. The smallest absolute Gasteiger partial charge is 0.136 e. The first kappa shape index (κ1) is 74.2. The van der Waals surface area contributed by atoms with Crippen molar-refractivity contribution in [3.05, 3.63) is 523 Å². The zero-order valence-electron chi connectivity index (χ0n) is 70.2. The zero-order valence-corrected chi connectivity index (χ0v) is 70.2. The molecule has 0 spiro atoms. The molecule has 22 aromatic rings. The van der Waals surface area contributed by atoms with Crippen LogP contribution in [0.4, 0.5) is 34.1 Å². The molecule has 0 aliphatic heterocycles. The van der Waals surface area contributed by atoms with E-state index in [1.165, 1.54) is 88.5 Å². The lowest BCUT2D eigenvalue weighted by Crippen LogP contribution is -2.29. The number of para-hydroxylation sites is 3. The van der Waals surface area contributed by atoms with Gasteiger partial charge in [-0.05, 0) is 266 Å². The number of benzene rings is 20. The van der Waals surface area contributed by atoms with E-state index in [9.17, 15) is 0 Å². The molecule has 0 unspecified atom stereocenters. The number of furan rings is 2. The Bertz CT molecular complexity index is 8140. The first-order valence-electron chi connectivity index (χ1n) is 44.5. The summed E-state index contributed by atoms with van der Waals surface area (Å²) < 4.78 is 13.6. The number of fused-ring (bicyclic) bond motifs is 13. The SMILES string of the molecule is C1=CC2=C(CC1)c1ccc(N(c3ccc(-c4ccc5ccccc5c4)cc3)c3ccccc3-c3cccc4oc5cc(-c6ccc7ccc(-c8ccc(-c9ccc(N(c%10ccc%11c(c%10)C(c%10ccccc%10)(c%10ccccc%10)c%10ccccc%10-%11)c%10ccccc%10-c%10cccc%11oc%12ccccc%12c%10%11)cc9)cc8)cc7c6)ccc5c34)cc1C2(c1ccccc1)c1ccccc1. The quantitative estimate of drug-likeness (QED) is 0.0965. The number of rotatable bonds is 16. The van der Waals surface area contributed by atoms with Crippen molar-refractivity contribution >= 4 is 105 Å². The van der Waals surface area contributed by atoms with Gasteiger partial charge in [0, 0.05) is 55.4 Å². The number of anilines is 6. The topological polar surface area (TPSA) is 32.8 Å². The zero-order chi connectivity index (χ0) is 84.4. The molecule has 600 valence electrons. The molecule has 0 saturated carbocycles. The van der Waals surface area contributed by atoms with E-state index < -0.39 is 10.8 Å². The number of allylic oxidation sites excluding steroid dienone is 4. The Hall–Kier alpha value is -16.4. The minimum absolute atomic E-state index is 0.546. The van der Waals surface area contributed by atoms with E-state index in [1.54, 1.807) is 0 Å². The van der Waals surface area contributed by atoms with Gasteiger partial charge in [0.25, 0.3) is 0 Å².